The van der Waals surface area contributed by atoms with Gasteiger partial charge in [-0.3, -0.25) is 0 Å². The van der Waals surface area contributed by atoms with Gasteiger partial charge in [0.1, 0.15) is 0 Å². The van der Waals surface area contributed by atoms with Crippen LogP contribution in [0.2, 0.25) is 0 Å². The fraction of sp³-hybridized carbons (Fsp3) is 0.154. The first-order valence-corrected chi connectivity index (χ1v) is 10.1. The van der Waals surface area contributed by atoms with Gasteiger partial charge in [0.15, 0.2) is 0 Å². The molecule has 160 valence electrons. The zero-order valence-corrected chi connectivity index (χ0v) is 17.4. The van der Waals surface area contributed by atoms with Gasteiger partial charge in [-0.25, -0.2) is 4.98 Å². The van der Waals surface area contributed by atoms with E-state index < -0.39 is 11.7 Å². The van der Waals surface area contributed by atoms with E-state index in [9.17, 15) is 13.2 Å². The zero-order chi connectivity index (χ0) is 22.7. The predicted molar refractivity (Wildman–Crippen MR) is 117 cm³/mol. The molecule has 6 heteroatoms. The first-order chi connectivity index (χ1) is 15.3. The largest absolute Gasteiger partial charge is 0.416 e. The standard InChI is InChI=1S/C26H20F3N3/c1-18-11-21(9-10-25(18)22-3-2-4-23(13-22)26(27,28)29)16-32-17-31-15-24(32)12-19-5-7-20(14-30)8-6-19/h2-11,13,15,17H,12,16H2,1H3. The summed E-state index contributed by atoms with van der Waals surface area (Å²) in [5.41, 5.74) is 5.38. The minimum atomic E-state index is -4.36. The molecule has 0 fully saturated rings. The number of nitrogens with zero attached hydrogens (tertiary/aromatic N) is 3. The van der Waals surface area contributed by atoms with E-state index in [1.54, 1.807) is 24.5 Å². The van der Waals surface area contributed by atoms with Gasteiger partial charge in [-0.15, -0.1) is 0 Å². The summed E-state index contributed by atoms with van der Waals surface area (Å²) in [6.07, 6.45) is -0.0826. The molecule has 0 saturated carbocycles. The highest BCUT2D eigenvalue weighted by atomic mass is 19.4. The summed E-state index contributed by atoms with van der Waals surface area (Å²) in [7, 11) is 0. The average molecular weight is 431 g/mol. The number of benzene rings is 3. The monoisotopic (exact) mass is 431 g/mol. The Kier molecular flexibility index (Phi) is 5.83. The molecule has 0 spiro atoms. The van der Waals surface area contributed by atoms with Crippen LogP contribution in [0.25, 0.3) is 11.1 Å². The van der Waals surface area contributed by atoms with E-state index in [0.29, 0.717) is 24.1 Å². The molecule has 0 unspecified atom stereocenters. The van der Waals surface area contributed by atoms with Crippen LogP contribution in [0.3, 0.4) is 0 Å². The smallest absolute Gasteiger partial charge is 0.330 e. The second-order valence-electron chi connectivity index (χ2n) is 7.73. The van der Waals surface area contributed by atoms with E-state index in [1.807, 2.05) is 43.5 Å². The zero-order valence-electron chi connectivity index (χ0n) is 17.4. The van der Waals surface area contributed by atoms with Crippen molar-refractivity contribution >= 4 is 0 Å². The Morgan fingerprint density at radius 1 is 0.969 bits per heavy atom. The van der Waals surface area contributed by atoms with Crippen molar-refractivity contribution in [3.63, 3.8) is 0 Å². The molecule has 0 aliphatic heterocycles. The molecule has 0 aliphatic rings. The molecule has 0 bridgehead atoms. The Labute approximate surface area is 184 Å². The van der Waals surface area contributed by atoms with Gasteiger partial charge in [0.05, 0.1) is 23.5 Å². The molecule has 0 amide bonds. The van der Waals surface area contributed by atoms with Crippen LogP contribution in [-0.2, 0) is 19.1 Å². The third-order valence-electron chi connectivity index (χ3n) is 5.41. The Hall–Kier alpha value is -3.85. The third kappa shape index (κ3) is 4.73. The van der Waals surface area contributed by atoms with E-state index in [2.05, 4.69) is 15.6 Å². The van der Waals surface area contributed by atoms with Gasteiger partial charge in [0.25, 0.3) is 0 Å². The normalized spacial score (nSPS) is 11.3. The molecule has 4 aromatic rings. The predicted octanol–water partition coefficient (Wildman–Crippen LogP) is 6.39. The first-order valence-electron chi connectivity index (χ1n) is 10.1. The van der Waals surface area contributed by atoms with Crippen molar-refractivity contribution < 1.29 is 13.2 Å². The van der Waals surface area contributed by atoms with Crippen LogP contribution in [0, 0.1) is 18.3 Å². The van der Waals surface area contributed by atoms with Crippen LogP contribution in [0.4, 0.5) is 13.2 Å². The number of halogens is 3. The van der Waals surface area contributed by atoms with Gasteiger partial charge in [-0.1, -0.05) is 42.5 Å². The summed E-state index contributed by atoms with van der Waals surface area (Å²) < 4.78 is 41.3. The van der Waals surface area contributed by atoms with Crippen LogP contribution >= 0.6 is 0 Å². The highest BCUT2D eigenvalue weighted by Gasteiger charge is 2.30. The van der Waals surface area contributed by atoms with E-state index in [0.717, 1.165) is 34.0 Å². The number of hydrogen-bond donors (Lipinski definition) is 0. The van der Waals surface area contributed by atoms with E-state index in [4.69, 9.17) is 5.26 Å². The van der Waals surface area contributed by atoms with Crippen LogP contribution < -0.4 is 0 Å². The lowest BCUT2D eigenvalue weighted by Gasteiger charge is -2.13. The average Bonchev–Trinajstić information content (AvgIpc) is 3.20. The molecule has 0 atom stereocenters. The maximum Gasteiger partial charge on any atom is 0.416 e. The fourth-order valence-electron chi connectivity index (χ4n) is 3.75. The topological polar surface area (TPSA) is 41.6 Å². The minimum Gasteiger partial charge on any atom is -0.330 e. The lowest BCUT2D eigenvalue weighted by Crippen LogP contribution is -2.05. The molecule has 4 rings (SSSR count). The Morgan fingerprint density at radius 3 is 2.41 bits per heavy atom. The number of aryl methyl sites for hydroxylation is 1. The molecule has 32 heavy (non-hydrogen) atoms. The van der Waals surface area contributed by atoms with Gasteiger partial charge in [0, 0.05) is 24.9 Å². The summed E-state index contributed by atoms with van der Waals surface area (Å²) in [5.74, 6) is 0. The van der Waals surface area contributed by atoms with Crippen molar-refractivity contribution in [2.45, 2.75) is 26.1 Å². The van der Waals surface area contributed by atoms with Crippen LogP contribution in [0.15, 0.2) is 79.3 Å². The van der Waals surface area contributed by atoms with Crippen LogP contribution in [0.1, 0.15) is 33.5 Å². The second-order valence-corrected chi connectivity index (χ2v) is 7.73. The lowest BCUT2D eigenvalue weighted by molar-refractivity contribution is -0.137. The Balaban J connectivity index is 1.54. The first kappa shape index (κ1) is 21.4. The summed E-state index contributed by atoms with van der Waals surface area (Å²) in [6.45, 7) is 2.51. The van der Waals surface area contributed by atoms with Crippen molar-refractivity contribution in [2.24, 2.45) is 0 Å². The summed E-state index contributed by atoms with van der Waals surface area (Å²) >= 11 is 0. The number of imidazole rings is 1. The molecular weight excluding hydrogens is 411 g/mol. The van der Waals surface area contributed by atoms with Gasteiger partial charge in [-0.2, -0.15) is 18.4 Å². The maximum atomic E-state index is 13.1. The van der Waals surface area contributed by atoms with E-state index in [1.165, 1.54) is 12.1 Å². The van der Waals surface area contributed by atoms with Crippen LogP contribution in [0.5, 0.6) is 0 Å². The van der Waals surface area contributed by atoms with Crippen molar-refractivity contribution in [1.82, 2.24) is 9.55 Å². The lowest BCUT2D eigenvalue weighted by atomic mass is 9.97. The number of aromatic nitrogens is 2. The van der Waals surface area contributed by atoms with Crippen LogP contribution in [-0.4, -0.2) is 9.55 Å². The van der Waals surface area contributed by atoms with Gasteiger partial charge < -0.3 is 4.57 Å². The highest BCUT2D eigenvalue weighted by molar-refractivity contribution is 5.68. The molecule has 0 radical (unpaired) electrons. The SMILES string of the molecule is Cc1cc(Cn2cncc2Cc2ccc(C#N)cc2)ccc1-c1cccc(C(F)(F)F)c1. The van der Waals surface area contributed by atoms with Crippen molar-refractivity contribution in [1.29, 1.82) is 5.26 Å². The summed E-state index contributed by atoms with van der Waals surface area (Å²) in [4.78, 5) is 4.27. The minimum absolute atomic E-state index is 0.549. The van der Waals surface area contributed by atoms with Gasteiger partial charge in [-0.05, 0) is 59.0 Å². The maximum absolute atomic E-state index is 13.1. The van der Waals surface area contributed by atoms with Crippen molar-refractivity contribution in [3.8, 4) is 17.2 Å². The summed E-state index contributed by atoms with van der Waals surface area (Å²) in [6, 6.07) is 20.8. The van der Waals surface area contributed by atoms with E-state index >= 15 is 0 Å². The molecule has 3 aromatic carbocycles. The molecule has 0 N–H and O–H groups in total. The number of hydrogen-bond acceptors (Lipinski definition) is 2. The van der Waals surface area contributed by atoms with Crippen molar-refractivity contribution in [3.05, 3.63) is 113 Å². The Morgan fingerprint density at radius 2 is 1.72 bits per heavy atom. The highest BCUT2D eigenvalue weighted by Crippen LogP contribution is 2.33. The fourth-order valence-corrected chi connectivity index (χ4v) is 3.75. The third-order valence-corrected chi connectivity index (χ3v) is 5.41. The second kappa shape index (κ2) is 8.72. The quantitative estimate of drug-likeness (QED) is 0.368. The summed E-state index contributed by atoms with van der Waals surface area (Å²) in [5, 5.41) is 8.94. The Bertz CT molecular complexity index is 1280. The van der Waals surface area contributed by atoms with Gasteiger partial charge in [0.2, 0.25) is 0 Å². The number of nitriles is 1. The molecule has 0 saturated heterocycles. The molecule has 1 aromatic heterocycles. The number of rotatable bonds is 5. The molecule has 3 nitrogen and oxygen atoms in total. The molecular formula is C26H20F3N3. The van der Waals surface area contributed by atoms with Crippen molar-refractivity contribution in [2.75, 3.05) is 0 Å². The van der Waals surface area contributed by atoms with Gasteiger partial charge >= 0.3 is 6.18 Å². The van der Waals surface area contributed by atoms with E-state index in [-0.39, 0.29) is 0 Å². The number of alkyl halides is 3. The molecule has 1 heterocycles. The molecule has 0 aliphatic carbocycles.